The quantitative estimate of drug-likeness (QED) is 0.684. The number of carbonyl (C=O) groups excluding carboxylic acids is 1. The average molecular weight is 322 g/mol. The second kappa shape index (κ2) is 6.33. The Kier molecular flexibility index (Phi) is 4.07. The van der Waals surface area contributed by atoms with Crippen molar-refractivity contribution in [2.45, 2.75) is 6.92 Å². The van der Waals surface area contributed by atoms with Crippen molar-refractivity contribution in [3.8, 4) is 22.4 Å². The highest BCUT2D eigenvalue weighted by Crippen LogP contribution is 2.26. The number of nitrogens with zero attached hydrogens (tertiary/aromatic N) is 2. The number of aromatic nitrogens is 3. The molecular formula is C17H14N4O3. The summed E-state index contributed by atoms with van der Waals surface area (Å²) >= 11 is 0. The van der Waals surface area contributed by atoms with Gasteiger partial charge in [0, 0.05) is 18.2 Å². The SMILES string of the molecule is CC(=O)Nc1cccc(-c2ccc(-c3nn[nH]c3C(=O)O)cc2)c1. The molecule has 3 aromatic rings. The molecule has 0 bridgehead atoms. The Morgan fingerprint density at radius 2 is 1.75 bits per heavy atom. The van der Waals surface area contributed by atoms with Crippen LogP contribution in [-0.2, 0) is 4.79 Å². The monoisotopic (exact) mass is 322 g/mol. The molecule has 1 amide bonds. The van der Waals surface area contributed by atoms with Gasteiger partial charge in [0.2, 0.25) is 5.91 Å². The Bertz CT molecular complexity index is 900. The van der Waals surface area contributed by atoms with E-state index in [1.54, 1.807) is 12.1 Å². The summed E-state index contributed by atoms with van der Waals surface area (Å²) in [5, 5.41) is 21.6. The van der Waals surface area contributed by atoms with E-state index in [2.05, 4.69) is 20.7 Å². The number of hydrogen-bond acceptors (Lipinski definition) is 4. The van der Waals surface area contributed by atoms with Crippen LogP contribution in [0.25, 0.3) is 22.4 Å². The third-order valence-electron chi connectivity index (χ3n) is 3.44. The maximum Gasteiger partial charge on any atom is 0.356 e. The van der Waals surface area contributed by atoms with Crippen LogP contribution in [0.1, 0.15) is 17.4 Å². The van der Waals surface area contributed by atoms with Crippen molar-refractivity contribution in [1.29, 1.82) is 0 Å². The van der Waals surface area contributed by atoms with Gasteiger partial charge < -0.3 is 10.4 Å². The van der Waals surface area contributed by atoms with Crippen LogP contribution in [0.4, 0.5) is 5.69 Å². The highest BCUT2D eigenvalue weighted by molar-refractivity contribution is 5.92. The first-order valence-electron chi connectivity index (χ1n) is 7.17. The van der Waals surface area contributed by atoms with Crippen LogP contribution in [0.3, 0.4) is 0 Å². The second-order valence-corrected chi connectivity index (χ2v) is 5.18. The van der Waals surface area contributed by atoms with Gasteiger partial charge in [0.15, 0.2) is 5.69 Å². The molecule has 7 heteroatoms. The summed E-state index contributed by atoms with van der Waals surface area (Å²) in [4.78, 5) is 22.3. The van der Waals surface area contributed by atoms with E-state index in [1.165, 1.54) is 6.92 Å². The van der Waals surface area contributed by atoms with Crippen LogP contribution in [0.5, 0.6) is 0 Å². The lowest BCUT2D eigenvalue weighted by molar-refractivity contribution is -0.114. The van der Waals surface area contributed by atoms with Crippen LogP contribution < -0.4 is 5.32 Å². The second-order valence-electron chi connectivity index (χ2n) is 5.18. The zero-order valence-electron chi connectivity index (χ0n) is 12.8. The van der Waals surface area contributed by atoms with Crippen molar-refractivity contribution < 1.29 is 14.7 Å². The molecule has 0 aliphatic heterocycles. The first-order chi connectivity index (χ1) is 11.5. The van der Waals surface area contributed by atoms with E-state index in [-0.39, 0.29) is 11.6 Å². The summed E-state index contributed by atoms with van der Waals surface area (Å²) in [6.45, 7) is 1.46. The van der Waals surface area contributed by atoms with Crippen LogP contribution in [-0.4, -0.2) is 32.4 Å². The van der Waals surface area contributed by atoms with E-state index in [4.69, 9.17) is 5.11 Å². The van der Waals surface area contributed by atoms with Gasteiger partial charge in [-0.15, -0.1) is 5.10 Å². The minimum Gasteiger partial charge on any atom is -0.476 e. The topological polar surface area (TPSA) is 108 Å². The summed E-state index contributed by atoms with van der Waals surface area (Å²) in [5.41, 5.74) is 3.49. The molecule has 0 saturated heterocycles. The number of aromatic amines is 1. The highest BCUT2D eigenvalue weighted by Gasteiger charge is 2.15. The molecule has 3 N–H and O–H groups in total. The third-order valence-corrected chi connectivity index (χ3v) is 3.44. The number of amides is 1. The van der Waals surface area contributed by atoms with Crippen LogP contribution in [0, 0.1) is 0 Å². The molecule has 1 aromatic heterocycles. The molecule has 0 fully saturated rings. The molecule has 7 nitrogen and oxygen atoms in total. The third kappa shape index (κ3) is 3.14. The van der Waals surface area contributed by atoms with Gasteiger partial charge in [0.25, 0.3) is 0 Å². The largest absolute Gasteiger partial charge is 0.476 e. The summed E-state index contributed by atoms with van der Waals surface area (Å²) in [6.07, 6.45) is 0. The lowest BCUT2D eigenvalue weighted by atomic mass is 10.0. The van der Waals surface area contributed by atoms with Gasteiger partial charge in [0.1, 0.15) is 5.69 Å². The number of carbonyl (C=O) groups is 2. The van der Waals surface area contributed by atoms with E-state index in [0.717, 1.165) is 11.1 Å². The van der Waals surface area contributed by atoms with E-state index >= 15 is 0 Å². The van der Waals surface area contributed by atoms with Gasteiger partial charge >= 0.3 is 5.97 Å². The Balaban J connectivity index is 1.91. The molecule has 2 aromatic carbocycles. The molecule has 24 heavy (non-hydrogen) atoms. The first-order valence-corrected chi connectivity index (χ1v) is 7.17. The van der Waals surface area contributed by atoms with E-state index in [9.17, 15) is 9.59 Å². The first kappa shape index (κ1) is 15.4. The van der Waals surface area contributed by atoms with E-state index in [0.29, 0.717) is 16.9 Å². The number of hydrogen-bond donors (Lipinski definition) is 3. The molecule has 0 spiro atoms. The summed E-state index contributed by atoms with van der Waals surface area (Å²) in [6, 6.07) is 14.8. The number of carboxylic acid groups (broad SMARTS) is 1. The average Bonchev–Trinajstić information content (AvgIpc) is 3.04. The fourth-order valence-corrected chi connectivity index (χ4v) is 2.38. The predicted octanol–water partition coefficient (Wildman–Crippen LogP) is 2.80. The molecule has 120 valence electrons. The van der Waals surface area contributed by atoms with Gasteiger partial charge in [-0.05, 0) is 23.3 Å². The maximum absolute atomic E-state index is 11.1. The Labute approximate surface area is 137 Å². The Morgan fingerprint density at radius 3 is 2.42 bits per heavy atom. The molecule has 1 heterocycles. The van der Waals surface area contributed by atoms with Crippen molar-refractivity contribution in [2.24, 2.45) is 0 Å². The number of H-pyrrole nitrogens is 1. The fourth-order valence-electron chi connectivity index (χ4n) is 2.38. The predicted molar refractivity (Wildman–Crippen MR) is 88.5 cm³/mol. The van der Waals surface area contributed by atoms with Gasteiger partial charge in [-0.2, -0.15) is 0 Å². The molecule has 3 rings (SSSR count). The molecule has 0 saturated carbocycles. The van der Waals surface area contributed by atoms with Crippen molar-refractivity contribution in [3.05, 3.63) is 54.2 Å². The van der Waals surface area contributed by atoms with Crippen molar-refractivity contribution in [3.63, 3.8) is 0 Å². The van der Waals surface area contributed by atoms with Gasteiger partial charge in [0.05, 0.1) is 0 Å². The van der Waals surface area contributed by atoms with Gasteiger partial charge in [-0.3, -0.25) is 9.89 Å². The number of nitrogens with one attached hydrogen (secondary N) is 2. The van der Waals surface area contributed by atoms with Gasteiger partial charge in [-0.25, -0.2) is 4.79 Å². The lowest BCUT2D eigenvalue weighted by Gasteiger charge is -2.07. The number of benzene rings is 2. The number of rotatable bonds is 4. The summed E-state index contributed by atoms with van der Waals surface area (Å²) in [7, 11) is 0. The zero-order valence-corrected chi connectivity index (χ0v) is 12.8. The van der Waals surface area contributed by atoms with Crippen LogP contribution >= 0.6 is 0 Å². The smallest absolute Gasteiger partial charge is 0.356 e. The summed E-state index contributed by atoms with van der Waals surface area (Å²) < 4.78 is 0. The minimum absolute atomic E-state index is 0.0459. The van der Waals surface area contributed by atoms with E-state index < -0.39 is 5.97 Å². The number of anilines is 1. The zero-order chi connectivity index (χ0) is 17.1. The minimum atomic E-state index is -1.11. The Hall–Kier alpha value is -3.48. The molecule has 0 unspecified atom stereocenters. The molecule has 0 aliphatic rings. The Morgan fingerprint density at radius 1 is 1.04 bits per heavy atom. The molecule has 0 atom stereocenters. The van der Waals surface area contributed by atoms with Crippen LogP contribution in [0.15, 0.2) is 48.5 Å². The number of aromatic carboxylic acids is 1. The standard InChI is InChI=1S/C17H14N4O3/c1-10(22)18-14-4-2-3-13(9-14)11-5-7-12(8-6-11)15-16(17(23)24)20-21-19-15/h2-9H,1H3,(H,18,22)(H,23,24)(H,19,20,21). The normalized spacial score (nSPS) is 10.4. The van der Waals surface area contributed by atoms with Crippen LogP contribution in [0.2, 0.25) is 0 Å². The molecule has 0 aliphatic carbocycles. The van der Waals surface area contributed by atoms with Gasteiger partial charge in [-0.1, -0.05) is 41.6 Å². The lowest BCUT2D eigenvalue weighted by Crippen LogP contribution is -2.05. The molecule has 0 radical (unpaired) electrons. The molecular weight excluding hydrogens is 308 g/mol. The van der Waals surface area contributed by atoms with Crippen molar-refractivity contribution in [2.75, 3.05) is 5.32 Å². The maximum atomic E-state index is 11.1. The fraction of sp³-hybridized carbons (Fsp3) is 0.0588. The van der Waals surface area contributed by atoms with Crippen molar-refractivity contribution >= 4 is 17.6 Å². The van der Waals surface area contributed by atoms with E-state index in [1.807, 2.05) is 36.4 Å². The number of carboxylic acids is 1. The van der Waals surface area contributed by atoms with Crippen molar-refractivity contribution in [1.82, 2.24) is 15.4 Å². The highest BCUT2D eigenvalue weighted by atomic mass is 16.4. The summed E-state index contributed by atoms with van der Waals surface area (Å²) in [5.74, 6) is -1.24.